The molecule has 1 spiro atoms. The summed E-state index contributed by atoms with van der Waals surface area (Å²) in [6.07, 6.45) is 0.875. The zero-order valence-corrected chi connectivity index (χ0v) is 12.8. The van der Waals surface area contributed by atoms with Crippen molar-refractivity contribution in [2.24, 2.45) is 0 Å². The van der Waals surface area contributed by atoms with Crippen LogP contribution in [0, 0.1) is 0 Å². The van der Waals surface area contributed by atoms with Crippen LogP contribution in [0.25, 0.3) is 0 Å². The minimum Gasteiger partial charge on any atom is -0.338 e. The second-order valence-electron chi connectivity index (χ2n) is 5.29. The summed E-state index contributed by atoms with van der Waals surface area (Å²) in [7, 11) is 0. The van der Waals surface area contributed by atoms with Crippen molar-refractivity contribution in [3.63, 3.8) is 0 Å². The first-order chi connectivity index (χ1) is 10.00. The molecule has 0 bridgehead atoms. The Morgan fingerprint density at radius 2 is 1.76 bits per heavy atom. The third-order valence-electron chi connectivity index (χ3n) is 4.01. The van der Waals surface area contributed by atoms with Crippen LogP contribution in [0.3, 0.4) is 0 Å². The van der Waals surface area contributed by atoms with Gasteiger partial charge in [-0.15, -0.1) is 0 Å². The van der Waals surface area contributed by atoms with Crippen molar-refractivity contribution >= 4 is 33.8 Å². The maximum absolute atomic E-state index is 12.4. The quantitative estimate of drug-likeness (QED) is 0.747. The molecule has 7 heteroatoms. The smallest absolute Gasteiger partial charge is 0.322 e. The van der Waals surface area contributed by atoms with Crippen molar-refractivity contribution in [2.75, 3.05) is 13.1 Å². The summed E-state index contributed by atoms with van der Waals surface area (Å²) in [4.78, 5) is 37.2. The zero-order chi connectivity index (χ0) is 15.0. The molecule has 2 fully saturated rings. The molecule has 1 aromatic rings. The lowest BCUT2D eigenvalue weighted by Crippen LogP contribution is -2.55. The monoisotopic (exact) mass is 351 g/mol. The van der Waals surface area contributed by atoms with Gasteiger partial charge in [0.15, 0.2) is 0 Å². The van der Waals surface area contributed by atoms with Gasteiger partial charge in [-0.2, -0.15) is 0 Å². The molecule has 0 aliphatic carbocycles. The Balaban J connectivity index is 1.68. The maximum Gasteiger partial charge on any atom is 0.322 e. The van der Waals surface area contributed by atoms with Crippen LogP contribution in [0.2, 0.25) is 0 Å². The van der Waals surface area contributed by atoms with E-state index in [2.05, 4.69) is 26.6 Å². The van der Waals surface area contributed by atoms with Crippen molar-refractivity contribution in [3.05, 3.63) is 34.3 Å². The number of urea groups is 1. The van der Waals surface area contributed by atoms with Gasteiger partial charge in [-0.3, -0.25) is 14.9 Å². The molecule has 21 heavy (non-hydrogen) atoms. The molecule has 4 amide bonds. The molecule has 2 aliphatic rings. The predicted molar refractivity (Wildman–Crippen MR) is 78.7 cm³/mol. The molecule has 3 rings (SSSR count). The van der Waals surface area contributed by atoms with Crippen LogP contribution in [-0.2, 0) is 4.79 Å². The van der Waals surface area contributed by atoms with E-state index in [0.717, 1.165) is 4.47 Å². The number of amides is 4. The van der Waals surface area contributed by atoms with Crippen LogP contribution in [0.15, 0.2) is 28.7 Å². The lowest BCUT2D eigenvalue weighted by atomic mass is 9.87. The normalized spacial score (nSPS) is 20.3. The van der Waals surface area contributed by atoms with E-state index in [4.69, 9.17) is 0 Å². The van der Waals surface area contributed by atoms with Crippen LogP contribution in [-0.4, -0.2) is 41.4 Å². The molecular weight excluding hydrogens is 338 g/mol. The second kappa shape index (κ2) is 5.14. The van der Waals surface area contributed by atoms with Crippen LogP contribution in [0.5, 0.6) is 0 Å². The van der Waals surface area contributed by atoms with E-state index >= 15 is 0 Å². The maximum atomic E-state index is 12.4. The van der Waals surface area contributed by atoms with Gasteiger partial charge < -0.3 is 10.2 Å². The molecule has 2 aliphatic heterocycles. The Bertz CT molecular complexity index is 606. The molecule has 0 saturated carbocycles. The number of rotatable bonds is 1. The van der Waals surface area contributed by atoms with E-state index in [9.17, 15) is 14.4 Å². The summed E-state index contributed by atoms with van der Waals surface area (Å²) < 4.78 is 0.919. The summed E-state index contributed by atoms with van der Waals surface area (Å²) in [6, 6.07) is 6.72. The number of hydrogen-bond donors (Lipinski definition) is 2. The van der Waals surface area contributed by atoms with Gasteiger partial charge in [0, 0.05) is 23.1 Å². The molecule has 2 N–H and O–H groups in total. The van der Waals surface area contributed by atoms with Crippen LogP contribution in [0.4, 0.5) is 4.79 Å². The highest BCUT2D eigenvalue weighted by Gasteiger charge is 2.48. The van der Waals surface area contributed by atoms with E-state index in [1.807, 2.05) is 12.1 Å². The van der Waals surface area contributed by atoms with Crippen LogP contribution >= 0.6 is 15.9 Å². The molecule has 6 nitrogen and oxygen atoms in total. The molecule has 0 unspecified atom stereocenters. The van der Waals surface area contributed by atoms with Gasteiger partial charge in [0.1, 0.15) is 5.54 Å². The third kappa shape index (κ3) is 2.53. The number of piperidine rings is 1. The van der Waals surface area contributed by atoms with Gasteiger partial charge >= 0.3 is 6.03 Å². The molecule has 0 radical (unpaired) electrons. The number of nitrogens with zero attached hydrogens (tertiary/aromatic N) is 1. The number of likely N-dealkylation sites (tertiary alicyclic amines) is 1. The minimum absolute atomic E-state index is 0.0536. The Labute approximate surface area is 130 Å². The standard InChI is InChI=1S/C14H14BrN3O3/c15-10-3-1-9(2-4-10)11(19)18-7-5-14(6-8-18)12(20)16-13(21)17-14/h1-4H,5-8H2,(H2,16,17,20,21). The first-order valence-electron chi connectivity index (χ1n) is 6.69. The number of carbonyl (C=O) groups is 3. The zero-order valence-electron chi connectivity index (χ0n) is 11.2. The van der Waals surface area contributed by atoms with E-state index in [-0.39, 0.29) is 11.8 Å². The van der Waals surface area contributed by atoms with Crippen molar-refractivity contribution in [1.82, 2.24) is 15.5 Å². The van der Waals surface area contributed by atoms with Crippen LogP contribution < -0.4 is 10.6 Å². The fraction of sp³-hybridized carbons (Fsp3) is 0.357. The minimum atomic E-state index is -0.840. The number of benzene rings is 1. The van der Waals surface area contributed by atoms with Crippen molar-refractivity contribution in [3.8, 4) is 0 Å². The third-order valence-corrected chi connectivity index (χ3v) is 4.54. The number of halogens is 1. The van der Waals surface area contributed by atoms with E-state index < -0.39 is 11.6 Å². The van der Waals surface area contributed by atoms with Crippen molar-refractivity contribution < 1.29 is 14.4 Å². The number of nitrogens with one attached hydrogen (secondary N) is 2. The summed E-state index contributed by atoms with van der Waals surface area (Å²) >= 11 is 3.33. The Morgan fingerprint density at radius 3 is 2.29 bits per heavy atom. The van der Waals surface area contributed by atoms with Gasteiger partial charge in [0.05, 0.1) is 0 Å². The average molecular weight is 352 g/mol. The molecule has 2 heterocycles. The molecule has 2 saturated heterocycles. The first-order valence-corrected chi connectivity index (χ1v) is 7.48. The summed E-state index contributed by atoms with van der Waals surface area (Å²) in [5.41, 5.74) is -0.220. The Kier molecular flexibility index (Phi) is 3.44. The largest absolute Gasteiger partial charge is 0.338 e. The van der Waals surface area contributed by atoms with Gasteiger partial charge in [0.25, 0.3) is 11.8 Å². The lowest BCUT2D eigenvalue weighted by molar-refractivity contribution is -0.125. The number of imide groups is 1. The highest BCUT2D eigenvalue weighted by molar-refractivity contribution is 9.10. The summed E-state index contributed by atoms with van der Waals surface area (Å²) in [5.74, 6) is -0.342. The topological polar surface area (TPSA) is 78.5 Å². The molecule has 0 atom stereocenters. The highest BCUT2D eigenvalue weighted by Crippen LogP contribution is 2.26. The molecule has 1 aromatic carbocycles. The summed E-state index contributed by atoms with van der Waals surface area (Å²) in [6.45, 7) is 0.894. The molecule has 110 valence electrons. The predicted octanol–water partition coefficient (Wildman–Crippen LogP) is 1.26. The van der Waals surface area contributed by atoms with Gasteiger partial charge in [-0.25, -0.2) is 4.79 Å². The van der Waals surface area contributed by atoms with Gasteiger partial charge in [-0.05, 0) is 37.1 Å². The Hall–Kier alpha value is -1.89. The van der Waals surface area contributed by atoms with Crippen molar-refractivity contribution in [2.45, 2.75) is 18.4 Å². The van der Waals surface area contributed by atoms with E-state index in [1.54, 1.807) is 17.0 Å². The molecule has 0 aromatic heterocycles. The number of hydrogen-bond acceptors (Lipinski definition) is 3. The molecular formula is C14H14BrN3O3. The number of carbonyl (C=O) groups excluding carboxylic acids is 3. The average Bonchev–Trinajstić information content (AvgIpc) is 2.74. The Morgan fingerprint density at radius 1 is 1.14 bits per heavy atom. The fourth-order valence-corrected chi connectivity index (χ4v) is 3.01. The van der Waals surface area contributed by atoms with E-state index in [0.29, 0.717) is 31.5 Å². The fourth-order valence-electron chi connectivity index (χ4n) is 2.75. The van der Waals surface area contributed by atoms with Crippen LogP contribution in [0.1, 0.15) is 23.2 Å². The SMILES string of the molecule is O=C1NC(=O)C2(CCN(C(=O)c3ccc(Br)cc3)CC2)N1. The second-order valence-corrected chi connectivity index (χ2v) is 6.21. The van der Waals surface area contributed by atoms with Gasteiger partial charge in [-0.1, -0.05) is 15.9 Å². The first kappa shape index (κ1) is 14.1. The highest BCUT2D eigenvalue weighted by atomic mass is 79.9. The van der Waals surface area contributed by atoms with E-state index in [1.165, 1.54) is 0 Å². The van der Waals surface area contributed by atoms with Crippen molar-refractivity contribution in [1.29, 1.82) is 0 Å². The lowest BCUT2D eigenvalue weighted by Gasteiger charge is -2.37. The summed E-state index contributed by atoms with van der Waals surface area (Å²) in [5, 5.41) is 4.94. The van der Waals surface area contributed by atoms with Gasteiger partial charge in [0.2, 0.25) is 0 Å².